The number of anilines is 3. The van der Waals surface area contributed by atoms with Crippen molar-refractivity contribution in [2.24, 2.45) is 0 Å². The van der Waals surface area contributed by atoms with Crippen LogP contribution in [0.3, 0.4) is 0 Å². The van der Waals surface area contributed by atoms with Gasteiger partial charge < -0.3 is 15.4 Å². The molecule has 1 amide bonds. The maximum absolute atomic E-state index is 12.8. The fourth-order valence-electron chi connectivity index (χ4n) is 3.27. The number of ether oxygens (including phenoxy) is 1. The minimum absolute atomic E-state index is 0.0182. The Morgan fingerprint density at radius 1 is 1.03 bits per heavy atom. The van der Waals surface area contributed by atoms with Crippen LogP contribution in [0.15, 0.2) is 67.4 Å². The lowest BCUT2D eigenvalue weighted by atomic mass is 10.1. The summed E-state index contributed by atoms with van der Waals surface area (Å²) in [4.78, 5) is 24.7. The van der Waals surface area contributed by atoms with Gasteiger partial charge in [0, 0.05) is 37.5 Å². The summed E-state index contributed by atoms with van der Waals surface area (Å²) in [5.41, 5.74) is 2.19. The van der Waals surface area contributed by atoms with Gasteiger partial charge in [-0.25, -0.2) is 15.0 Å². The molecule has 4 rings (SSSR count). The highest BCUT2D eigenvalue weighted by molar-refractivity contribution is 5.91. The Morgan fingerprint density at radius 2 is 1.78 bits per heavy atom. The number of aromatic nitrogens is 5. The van der Waals surface area contributed by atoms with Crippen LogP contribution in [0.4, 0.5) is 30.6 Å². The SMILES string of the molecule is COCCn1cc(Nc2ncc(-c3ccc(CC(=O)Nc4cc(C(F)(F)F)ccn4)cc3)cn2)cn1. The molecule has 3 heterocycles. The van der Waals surface area contributed by atoms with E-state index in [-0.39, 0.29) is 12.2 Å². The predicted molar refractivity (Wildman–Crippen MR) is 126 cm³/mol. The normalized spacial score (nSPS) is 11.3. The number of hydrogen-bond donors (Lipinski definition) is 2. The van der Waals surface area contributed by atoms with E-state index in [1.165, 1.54) is 0 Å². The molecular formula is C24H22F3N7O2. The Morgan fingerprint density at radius 3 is 2.47 bits per heavy atom. The van der Waals surface area contributed by atoms with Crippen LogP contribution in [-0.2, 0) is 28.7 Å². The van der Waals surface area contributed by atoms with Crippen LogP contribution in [0, 0.1) is 0 Å². The molecule has 0 aliphatic heterocycles. The number of pyridine rings is 1. The standard InChI is InChI=1S/C24H22F3N7O2/c1-36-9-8-34-15-20(14-31-34)32-23-29-12-18(13-30-23)17-4-2-16(3-5-17)10-22(35)33-21-11-19(6-7-28-21)24(25,26)27/h2-7,11-15H,8-10H2,1H3,(H,28,33,35)(H,29,30,32). The molecule has 3 aromatic heterocycles. The number of benzene rings is 1. The summed E-state index contributed by atoms with van der Waals surface area (Å²) in [6, 6.07) is 8.80. The Hall–Kier alpha value is -4.32. The maximum atomic E-state index is 12.8. The van der Waals surface area contributed by atoms with E-state index in [4.69, 9.17) is 4.74 Å². The quantitative estimate of drug-likeness (QED) is 0.355. The van der Waals surface area contributed by atoms with Crippen LogP contribution in [0.2, 0.25) is 0 Å². The van der Waals surface area contributed by atoms with E-state index in [1.807, 2.05) is 18.3 Å². The number of carbonyl (C=O) groups is 1. The van der Waals surface area contributed by atoms with Crippen molar-refractivity contribution in [3.05, 3.63) is 78.5 Å². The molecule has 0 atom stereocenters. The van der Waals surface area contributed by atoms with Crippen LogP contribution in [0.5, 0.6) is 0 Å². The molecule has 36 heavy (non-hydrogen) atoms. The van der Waals surface area contributed by atoms with Crippen molar-refractivity contribution in [3.8, 4) is 11.1 Å². The number of nitrogens with one attached hydrogen (secondary N) is 2. The third-order valence-electron chi connectivity index (χ3n) is 5.07. The van der Waals surface area contributed by atoms with Gasteiger partial charge in [-0.3, -0.25) is 9.48 Å². The van der Waals surface area contributed by atoms with E-state index >= 15 is 0 Å². The topological polar surface area (TPSA) is 107 Å². The minimum Gasteiger partial charge on any atom is -0.383 e. The number of amides is 1. The third kappa shape index (κ3) is 6.63. The van der Waals surface area contributed by atoms with Crippen molar-refractivity contribution < 1.29 is 22.7 Å². The number of alkyl halides is 3. The van der Waals surface area contributed by atoms with Crippen molar-refractivity contribution in [2.45, 2.75) is 19.1 Å². The molecule has 0 bridgehead atoms. The number of carbonyl (C=O) groups excluding carboxylic acids is 1. The number of halogens is 3. The molecule has 0 saturated carbocycles. The van der Waals surface area contributed by atoms with Crippen LogP contribution in [0.25, 0.3) is 11.1 Å². The molecule has 9 nitrogen and oxygen atoms in total. The molecule has 0 spiro atoms. The van der Waals surface area contributed by atoms with Crippen LogP contribution < -0.4 is 10.6 Å². The maximum Gasteiger partial charge on any atom is 0.416 e. The van der Waals surface area contributed by atoms with Gasteiger partial charge in [-0.1, -0.05) is 24.3 Å². The molecule has 12 heteroatoms. The lowest BCUT2D eigenvalue weighted by Crippen LogP contribution is -2.16. The molecule has 1 aromatic carbocycles. The highest BCUT2D eigenvalue weighted by Crippen LogP contribution is 2.30. The van der Waals surface area contributed by atoms with E-state index in [2.05, 4.69) is 30.7 Å². The number of methoxy groups -OCH3 is 1. The first kappa shape index (κ1) is 24.8. The van der Waals surface area contributed by atoms with Gasteiger partial charge in [0.1, 0.15) is 5.82 Å². The molecule has 186 valence electrons. The molecular weight excluding hydrogens is 475 g/mol. The zero-order chi connectivity index (χ0) is 25.5. The molecule has 2 N–H and O–H groups in total. The third-order valence-corrected chi connectivity index (χ3v) is 5.07. The van der Waals surface area contributed by atoms with Gasteiger partial charge >= 0.3 is 6.18 Å². The highest BCUT2D eigenvalue weighted by Gasteiger charge is 2.30. The van der Waals surface area contributed by atoms with Crippen molar-refractivity contribution in [3.63, 3.8) is 0 Å². The van der Waals surface area contributed by atoms with Crippen LogP contribution in [0.1, 0.15) is 11.1 Å². The summed E-state index contributed by atoms with van der Waals surface area (Å²) in [6.45, 7) is 1.20. The van der Waals surface area contributed by atoms with Gasteiger partial charge in [0.25, 0.3) is 0 Å². The Bertz CT molecular complexity index is 1310. The molecule has 0 aliphatic rings. The van der Waals surface area contributed by atoms with Crippen molar-refractivity contribution in [2.75, 3.05) is 24.4 Å². The van der Waals surface area contributed by atoms with Crippen molar-refractivity contribution >= 4 is 23.4 Å². The zero-order valence-corrected chi connectivity index (χ0v) is 19.2. The fourth-order valence-corrected chi connectivity index (χ4v) is 3.27. The van der Waals surface area contributed by atoms with Gasteiger partial charge in [-0.15, -0.1) is 0 Å². The Kier molecular flexibility index (Phi) is 7.54. The summed E-state index contributed by atoms with van der Waals surface area (Å²) >= 11 is 0. The fraction of sp³-hybridized carbons (Fsp3) is 0.208. The lowest BCUT2D eigenvalue weighted by molar-refractivity contribution is -0.137. The molecule has 0 fully saturated rings. The molecule has 4 aromatic rings. The minimum atomic E-state index is -4.51. The van der Waals surface area contributed by atoms with Gasteiger partial charge in [0.2, 0.25) is 11.9 Å². The van der Waals surface area contributed by atoms with E-state index in [9.17, 15) is 18.0 Å². The van der Waals surface area contributed by atoms with E-state index in [0.29, 0.717) is 24.7 Å². The first-order chi connectivity index (χ1) is 17.3. The number of nitrogens with zero attached hydrogens (tertiary/aromatic N) is 5. The second-order valence-corrected chi connectivity index (χ2v) is 7.75. The van der Waals surface area contributed by atoms with E-state index in [1.54, 1.807) is 42.5 Å². The van der Waals surface area contributed by atoms with E-state index in [0.717, 1.165) is 35.1 Å². The van der Waals surface area contributed by atoms with Crippen LogP contribution >= 0.6 is 0 Å². The number of rotatable bonds is 9. The second-order valence-electron chi connectivity index (χ2n) is 7.75. The van der Waals surface area contributed by atoms with Gasteiger partial charge in [-0.2, -0.15) is 18.3 Å². The summed E-state index contributed by atoms with van der Waals surface area (Å²) in [5.74, 6) is -0.208. The molecule has 0 aliphatic carbocycles. The second kappa shape index (κ2) is 11.0. The van der Waals surface area contributed by atoms with Gasteiger partial charge in [0.15, 0.2) is 0 Å². The Labute approximate surface area is 204 Å². The predicted octanol–water partition coefficient (Wildman–Crippen LogP) is 4.33. The van der Waals surface area contributed by atoms with Gasteiger partial charge in [0.05, 0.1) is 37.0 Å². The summed E-state index contributed by atoms with van der Waals surface area (Å²) in [6.07, 6.45) is 3.32. The van der Waals surface area contributed by atoms with Crippen LogP contribution in [-0.4, -0.2) is 44.4 Å². The molecule has 0 saturated heterocycles. The monoisotopic (exact) mass is 497 g/mol. The lowest BCUT2D eigenvalue weighted by Gasteiger charge is -2.09. The zero-order valence-electron chi connectivity index (χ0n) is 19.2. The van der Waals surface area contributed by atoms with Gasteiger partial charge in [-0.05, 0) is 23.3 Å². The largest absolute Gasteiger partial charge is 0.416 e. The highest BCUT2D eigenvalue weighted by atomic mass is 19.4. The average Bonchev–Trinajstić information content (AvgIpc) is 3.30. The Balaban J connectivity index is 1.33. The van der Waals surface area contributed by atoms with Crippen molar-refractivity contribution in [1.29, 1.82) is 0 Å². The number of hydrogen-bond acceptors (Lipinski definition) is 7. The summed E-state index contributed by atoms with van der Waals surface area (Å²) in [5, 5.41) is 9.70. The summed E-state index contributed by atoms with van der Waals surface area (Å²) in [7, 11) is 1.63. The van der Waals surface area contributed by atoms with Crippen molar-refractivity contribution in [1.82, 2.24) is 24.7 Å². The smallest absolute Gasteiger partial charge is 0.383 e. The first-order valence-electron chi connectivity index (χ1n) is 10.8. The first-order valence-corrected chi connectivity index (χ1v) is 10.8. The average molecular weight is 497 g/mol. The van der Waals surface area contributed by atoms with E-state index < -0.39 is 17.6 Å². The molecule has 0 radical (unpaired) electrons. The molecule has 0 unspecified atom stereocenters. The summed E-state index contributed by atoms with van der Waals surface area (Å²) < 4.78 is 45.3.